The van der Waals surface area contributed by atoms with Gasteiger partial charge in [-0.2, -0.15) is 0 Å². The average molecular weight is 367 g/mol. The van der Waals surface area contributed by atoms with Gasteiger partial charge in [-0.1, -0.05) is 24.3 Å². The summed E-state index contributed by atoms with van der Waals surface area (Å²) >= 11 is 1.51. The van der Waals surface area contributed by atoms with E-state index >= 15 is 0 Å². The summed E-state index contributed by atoms with van der Waals surface area (Å²) in [6, 6.07) is 14.9. The van der Waals surface area contributed by atoms with Gasteiger partial charge < -0.3 is 15.1 Å². The van der Waals surface area contributed by atoms with Crippen LogP contribution in [0.2, 0.25) is 0 Å². The van der Waals surface area contributed by atoms with Gasteiger partial charge in [0.2, 0.25) is 17.7 Å². The summed E-state index contributed by atoms with van der Waals surface area (Å²) in [5.41, 5.74) is 2.17. The molecule has 132 valence electrons. The quantitative estimate of drug-likeness (QED) is 0.905. The van der Waals surface area contributed by atoms with Crippen LogP contribution < -0.4 is 15.1 Å². The fourth-order valence-electron chi connectivity index (χ4n) is 3.20. The van der Waals surface area contributed by atoms with Gasteiger partial charge in [-0.3, -0.25) is 14.4 Å². The molecule has 2 aliphatic heterocycles. The second kappa shape index (κ2) is 6.84. The van der Waals surface area contributed by atoms with Gasteiger partial charge in [0, 0.05) is 17.9 Å². The number of benzene rings is 2. The molecule has 2 aliphatic rings. The first kappa shape index (κ1) is 16.7. The van der Waals surface area contributed by atoms with Crippen LogP contribution in [0.25, 0.3) is 0 Å². The number of fused-ring (bicyclic) bond motifs is 2. The van der Waals surface area contributed by atoms with E-state index in [1.54, 1.807) is 11.0 Å². The number of hydrogen-bond acceptors (Lipinski definition) is 4. The van der Waals surface area contributed by atoms with Gasteiger partial charge in [-0.05, 0) is 24.3 Å². The average Bonchev–Trinajstić information content (AvgIpc) is 2.66. The third kappa shape index (κ3) is 3.06. The summed E-state index contributed by atoms with van der Waals surface area (Å²) in [5.74, 6) is -0.0119. The zero-order chi connectivity index (χ0) is 18.1. The van der Waals surface area contributed by atoms with E-state index in [9.17, 15) is 14.4 Å². The number of nitrogens with zero attached hydrogens (tertiary/aromatic N) is 2. The van der Waals surface area contributed by atoms with E-state index in [1.165, 1.54) is 16.7 Å². The van der Waals surface area contributed by atoms with E-state index < -0.39 is 0 Å². The Balaban J connectivity index is 1.51. The molecule has 0 unspecified atom stereocenters. The number of hydrogen-bond donors (Lipinski definition) is 1. The van der Waals surface area contributed by atoms with Crippen LogP contribution in [-0.2, 0) is 14.4 Å². The van der Waals surface area contributed by atoms with Gasteiger partial charge in [-0.15, -0.1) is 11.8 Å². The Kier molecular flexibility index (Phi) is 4.38. The number of carbonyl (C=O) groups is 3. The predicted octanol–water partition coefficient (Wildman–Crippen LogP) is 2.50. The van der Waals surface area contributed by atoms with Gasteiger partial charge in [0.1, 0.15) is 6.54 Å². The molecule has 0 saturated heterocycles. The maximum absolute atomic E-state index is 12.8. The number of thioether (sulfide) groups is 1. The molecule has 0 saturated carbocycles. The third-order valence-electron chi connectivity index (χ3n) is 4.43. The smallest absolute Gasteiger partial charge is 0.244 e. The molecule has 0 aliphatic carbocycles. The highest BCUT2D eigenvalue weighted by atomic mass is 32.2. The van der Waals surface area contributed by atoms with Crippen molar-refractivity contribution in [3.8, 4) is 0 Å². The topological polar surface area (TPSA) is 69.7 Å². The van der Waals surface area contributed by atoms with Crippen LogP contribution in [0.4, 0.5) is 17.1 Å². The minimum absolute atomic E-state index is 0.00159. The van der Waals surface area contributed by atoms with Crippen molar-refractivity contribution in [3.05, 3.63) is 48.5 Å². The Labute approximate surface area is 155 Å². The van der Waals surface area contributed by atoms with Crippen molar-refractivity contribution in [1.29, 1.82) is 0 Å². The lowest BCUT2D eigenvalue weighted by Gasteiger charge is -2.31. The first-order valence-corrected chi connectivity index (χ1v) is 9.33. The van der Waals surface area contributed by atoms with Gasteiger partial charge in [0.25, 0.3) is 0 Å². The van der Waals surface area contributed by atoms with Crippen molar-refractivity contribution >= 4 is 46.5 Å². The molecular weight excluding hydrogens is 350 g/mol. The minimum Gasteiger partial charge on any atom is -0.323 e. The van der Waals surface area contributed by atoms with Crippen LogP contribution in [-0.4, -0.2) is 36.6 Å². The molecule has 0 spiro atoms. The highest BCUT2D eigenvalue weighted by Gasteiger charge is 2.29. The molecule has 1 N–H and O–H groups in total. The van der Waals surface area contributed by atoms with E-state index in [0.29, 0.717) is 23.7 Å². The monoisotopic (exact) mass is 367 g/mol. The summed E-state index contributed by atoms with van der Waals surface area (Å²) in [4.78, 5) is 41.2. The van der Waals surface area contributed by atoms with E-state index in [-0.39, 0.29) is 30.7 Å². The molecule has 2 aromatic carbocycles. The van der Waals surface area contributed by atoms with Crippen LogP contribution in [0.1, 0.15) is 6.42 Å². The number of carbonyl (C=O) groups excluding carboxylic acids is 3. The lowest BCUT2D eigenvalue weighted by Crippen LogP contribution is -2.44. The second-order valence-corrected chi connectivity index (χ2v) is 7.11. The highest BCUT2D eigenvalue weighted by Crippen LogP contribution is 2.35. The van der Waals surface area contributed by atoms with E-state index in [2.05, 4.69) is 5.32 Å². The van der Waals surface area contributed by atoms with Gasteiger partial charge in [-0.25, -0.2) is 0 Å². The molecule has 3 amide bonds. The number of nitrogens with one attached hydrogen (secondary N) is 1. The summed E-state index contributed by atoms with van der Waals surface area (Å²) in [7, 11) is 0. The van der Waals surface area contributed by atoms with Crippen LogP contribution in [0.15, 0.2) is 53.4 Å². The van der Waals surface area contributed by atoms with Crippen molar-refractivity contribution in [2.75, 3.05) is 34.0 Å². The zero-order valence-corrected chi connectivity index (χ0v) is 14.8. The van der Waals surface area contributed by atoms with E-state index in [1.807, 2.05) is 42.5 Å². The van der Waals surface area contributed by atoms with Gasteiger partial charge in [0.15, 0.2) is 0 Å². The highest BCUT2D eigenvalue weighted by molar-refractivity contribution is 8.00. The summed E-state index contributed by atoms with van der Waals surface area (Å²) in [6.45, 7) is 0.297. The largest absolute Gasteiger partial charge is 0.323 e. The van der Waals surface area contributed by atoms with Crippen molar-refractivity contribution < 1.29 is 14.4 Å². The summed E-state index contributed by atoms with van der Waals surface area (Å²) in [5, 5.41) is 2.77. The molecule has 6 nitrogen and oxygen atoms in total. The Morgan fingerprint density at radius 3 is 2.62 bits per heavy atom. The number of amides is 3. The standard InChI is InChI=1S/C19H17N3O3S/c23-17-11-22(14-6-2-1-5-13(14)20-17)18(24)9-10-21-15-7-3-4-8-16(15)26-12-19(21)25/h1-8H,9-12H2,(H,20,23). The first-order valence-electron chi connectivity index (χ1n) is 8.35. The Morgan fingerprint density at radius 2 is 1.77 bits per heavy atom. The SMILES string of the molecule is O=C1CN(C(=O)CCN2C(=O)CSc3ccccc32)c2ccccc2N1. The maximum atomic E-state index is 12.8. The number of para-hydroxylation sites is 3. The van der Waals surface area contributed by atoms with Crippen molar-refractivity contribution in [3.63, 3.8) is 0 Å². The van der Waals surface area contributed by atoms with Crippen molar-refractivity contribution in [2.24, 2.45) is 0 Å². The molecule has 2 aromatic rings. The molecular formula is C19H17N3O3S. The second-order valence-electron chi connectivity index (χ2n) is 6.10. The molecule has 0 atom stereocenters. The summed E-state index contributed by atoms with van der Waals surface area (Å²) in [6.07, 6.45) is 0.159. The normalized spacial score (nSPS) is 16.0. The minimum atomic E-state index is -0.215. The van der Waals surface area contributed by atoms with Crippen LogP contribution in [0.5, 0.6) is 0 Å². The molecule has 0 fully saturated rings. The fraction of sp³-hybridized carbons (Fsp3) is 0.211. The Hall–Kier alpha value is -2.80. The number of anilines is 3. The number of rotatable bonds is 3. The zero-order valence-electron chi connectivity index (χ0n) is 14.0. The van der Waals surface area contributed by atoms with E-state index in [4.69, 9.17) is 0 Å². The van der Waals surface area contributed by atoms with Crippen molar-refractivity contribution in [2.45, 2.75) is 11.3 Å². The van der Waals surface area contributed by atoms with Gasteiger partial charge >= 0.3 is 0 Å². The Bertz CT molecular complexity index is 899. The fourth-order valence-corrected chi connectivity index (χ4v) is 4.13. The van der Waals surface area contributed by atoms with Crippen LogP contribution in [0, 0.1) is 0 Å². The molecule has 0 aromatic heterocycles. The summed E-state index contributed by atoms with van der Waals surface area (Å²) < 4.78 is 0. The molecule has 0 bridgehead atoms. The maximum Gasteiger partial charge on any atom is 0.244 e. The Morgan fingerprint density at radius 1 is 1.04 bits per heavy atom. The third-order valence-corrected chi connectivity index (χ3v) is 5.48. The van der Waals surface area contributed by atoms with Crippen molar-refractivity contribution in [1.82, 2.24) is 0 Å². The molecule has 7 heteroatoms. The lowest BCUT2D eigenvalue weighted by molar-refractivity contribution is -0.122. The molecule has 2 heterocycles. The molecule has 4 rings (SSSR count). The van der Waals surface area contributed by atoms with Crippen LogP contribution in [0.3, 0.4) is 0 Å². The van der Waals surface area contributed by atoms with E-state index in [0.717, 1.165) is 10.6 Å². The van der Waals surface area contributed by atoms with Crippen LogP contribution >= 0.6 is 11.8 Å². The predicted molar refractivity (Wildman–Crippen MR) is 102 cm³/mol. The van der Waals surface area contributed by atoms with Gasteiger partial charge in [0.05, 0.1) is 22.8 Å². The molecule has 0 radical (unpaired) electrons. The molecule has 26 heavy (non-hydrogen) atoms. The lowest BCUT2D eigenvalue weighted by atomic mass is 10.1. The first-order chi connectivity index (χ1) is 12.6.